The van der Waals surface area contributed by atoms with Crippen LogP contribution in [0.3, 0.4) is 0 Å². The summed E-state index contributed by atoms with van der Waals surface area (Å²) in [4.78, 5) is 20.0. The lowest BCUT2D eigenvalue weighted by atomic mass is 10.2. The van der Waals surface area contributed by atoms with Crippen molar-refractivity contribution in [3.8, 4) is 9.88 Å². The van der Waals surface area contributed by atoms with E-state index in [1.165, 1.54) is 23.5 Å². The Morgan fingerprint density at radius 2 is 2.12 bits per heavy atom. The quantitative estimate of drug-likeness (QED) is 0.722. The Labute approximate surface area is 159 Å². The number of carbonyl (C=O) groups is 1. The summed E-state index contributed by atoms with van der Waals surface area (Å²) in [5, 5.41) is 10.00. The normalized spacial score (nSPS) is 13.8. The molecule has 1 amide bonds. The summed E-state index contributed by atoms with van der Waals surface area (Å²) in [5.41, 5.74) is 2.29. The molecule has 0 spiro atoms. The minimum Gasteiger partial charge on any atom is -0.311 e. The molecule has 134 valence electrons. The van der Waals surface area contributed by atoms with Gasteiger partial charge in [-0.15, -0.1) is 22.7 Å². The minimum atomic E-state index is -3.80. The molecule has 6 nitrogen and oxygen atoms in total. The highest BCUT2D eigenvalue weighted by Gasteiger charge is 2.26. The van der Waals surface area contributed by atoms with Gasteiger partial charge < -0.3 is 4.90 Å². The van der Waals surface area contributed by atoms with E-state index in [1.807, 2.05) is 22.9 Å². The molecular weight excluding hydrogens is 390 g/mol. The Bertz CT molecular complexity index is 1070. The van der Waals surface area contributed by atoms with Crippen molar-refractivity contribution >= 4 is 44.3 Å². The number of nitrogens with two attached hydrogens (primary N) is 1. The van der Waals surface area contributed by atoms with Crippen molar-refractivity contribution in [2.24, 2.45) is 5.14 Å². The number of primary sulfonamides is 1. The number of anilines is 1. The molecule has 0 unspecified atom stereocenters. The fourth-order valence-corrected chi connectivity index (χ4v) is 5.11. The van der Waals surface area contributed by atoms with Crippen LogP contribution in [-0.4, -0.2) is 25.9 Å². The van der Waals surface area contributed by atoms with E-state index in [9.17, 15) is 13.2 Å². The van der Waals surface area contributed by atoms with Crippen molar-refractivity contribution in [3.05, 3.63) is 52.3 Å². The van der Waals surface area contributed by atoms with E-state index in [-0.39, 0.29) is 17.2 Å². The molecule has 1 aliphatic heterocycles. The van der Waals surface area contributed by atoms with E-state index < -0.39 is 10.0 Å². The summed E-state index contributed by atoms with van der Waals surface area (Å²) >= 11 is 3.13. The molecule has 3 aromatic rings. The highest BCUT2D eigenvalue weighted by Crippen LogP contribution is 2.32. The zero-order valence-corrected chi connectivity index (χ0v) is 16.0. The second-order valence-corrected chi connectivity index (χ2v) is 9.30. The fourth-order valence-electron chi connectivity index (χ4n) is 2.95. The molecule has 26 heavy (non-hydrogen) atoms. The van der Waals surface area contributed by atoms with E-state index in [2.05, 4.69) is 4.98 Å². The summed E-state index contributed by atoms with van der Waals surface area (Å²) in [7, 11) is -3.80. The van der Waals surface area contributed by atoms with Gasteiger partial charge in [0.1, 0.15) is 5.01 Å². The van der Waals surface area contributed by atoms with Crippen LogP contribution in [0, 0.1) is 0 Å². The van der Waals surface area contributed by atoms with Crippen molar-refractivity contribution in [2.75, 3.05) is 11.4 Å². The lowest BCUT2D eigenvalue weighted by molar-refractivity contribution is -0.117. The van der Waals surface area contributed by atoms with Crippen LogP contribution in [0.1, 0.15) is 11.3 Å². The van der Waals surface area contributed by atoms with Crippen molar-refractivity contribution in [2.45, 2.75) is 17.7 Å². The zero-order valence-electron chi connectivity index (χ0n) is 13.6. The predicted octanol–water partition coefficient (Wildman–Crippen LogP) is 2.65. The highest BCUT2D eigenvalue weighted by atomic mass is 32.2. The average molecular weight is 406 g/mol. The van der Waals surface area contributed by atoms with Gasteiger partial charge in [0.05, 0.1) is 21.9 Å². The molecule has 2 aromatic heterocycles. The number of carbonyl (C=O) groups excluding carboxylic acids is 1. The molecule has 1 aliphatic rings. The molecule has 0 aliphatic carbocycles. The molecule has 0 saturated heterocycles. The van der Waals surface area contributed by atoms with Crippen molar-refractivity contribution in [1.29, 1.82) is 0 Å². The molecule has 0 atom stereocenters. The summed E-state index contributed by atoms with van der Waals surface area (Å²) in [6.07, 6.45) is 0.879. The van der Waals surface area contributed by atoms with Gasteiger partial charge in [-0.25, -0.2) is 18.5 Å². The second kappa shape index (κ2) is 6.58. The van der Waals surface area contributed by atoms with Crippen LogP contribution in [0.2, 0.25) is 0 Å². The SMILES string of the molecule is NS(=O)(=O)c1ccc2c(c1)N(C(=O)Cc1csc(-c3cccs3)n1)CC2. The Balaban J connectivity index is 1.56. The van der Waals surface area contributed by atoms with Gasteiger partial charge in [0.2, 0.25) is 15.9 Å². The molecule has 1 aromatic carbocycles. The smallest absolute Gasteiger partial charge is 0.238 e. The Morgan fingerprint density at radius 1 is 1.27 bits per heavy atom. The number of benzene rings is 1. The van der Waals surface area contributed by atoms with Crippen LogP contribution < -0.4 is 10.0 Å². The van der Waals surface area contributed by atoms with Gasteiger partial charge in [0, 0.05) is 17.6 Å². The monoisotopic (exact) mass is 405 g/mol. The van der Waals surface area contributed by atoms with Crippen LogP contribution in [0.4, 0.5) is 5.69 Å². The maximum Gasteiger partial charge on any atom is 0.238 e. The molecule has 4 rings (SSSR count). The van der Waals surface area contributed by atoms with E-state index in [1.54, 1.807) is 22.3 Å². The van der Waals surface area contributed by atoms with E-state index in [0.29, 0.717) is 18.7 Å². The predicted molar refractivity (Wildman–Crippen MR) is 103 cm³/mol. The molecule has 0 radical (unpaired) electrons. The second-order valence-electron chi connectivity index (χ2n) is 5.93. The number of rotatable bonds is 4. The first kappa shape index (κ1) is 17.3. The maximum absolute atomic E-state index is 12.7. The number of nitrogens with zero attached hydrogens (tertiary/aromatic N) is 2. The Morgan fingerprint density at radius 3 is 2.85 bits per heavy atom. The first-order chi connectivity index (χ1) is 12.4. The Hall–Kier alpha value is -2.07. The van der Waals surface area contributed by atoms with Gasteiger partial charge >= 0.3 is 0 Å². The fraction of sp³-hybridized carbons (Fsp3) is 0.176. The van der Waals surface area contributed by atoms with Gasteiger partial charge in [-0.2, -0.15) is 0 Å². The third-order valence-electron chi connectivity index (χ3n) is 4.20. The largest absolute Gasteiger partial charge is 0.311 e. The van der Waals surface area contributed by atoms with E-state index in [4.69, 9.17) is 5.14 Å². The number of thiophene rings is 1. The van der Waals surface area contributed by atoms with Gasteiger partial charge in [-0.3, -0.25) is 4.79 Å². The summed E-state index contributed by atoms with van der Waals surface area (Å²) < 4.78 is 23.2. The molecule has 0 bridgehead atoms. The third kappa shape index (κ3) is 3.30. The van der Waals surface area contributed by atoms with E-state index >= 15 is 0 Å². The van der Waals surface area contributed by atoms with E-state index in [0.717, 1.165) is 21.1 Å². The number of hydrogen-bond acceptors (Lipinski definition) is 6. The van der Waals surface area contributed by atoms with Gasteiger partial charge in [0.25, 0.3) is 0 Å². The van der Waals surface area contributed by atoms with Crippen LogP contribution >= 0.6 is 22.7 Å². The first-order valence-electron chi connectivity index (χ1n) is 7.86. The molecule has 2 N–H and O–H groups in total. The number of thiazole rings is 1. The number of amides is 1. The minimum absolute atomic E-state index is 0.0181. The molecule has 0 fully saturated rings. The third-order valence-corrected chi connectivity index (χ3v) is 7.04. The topological polar surface area (TPSA) is 93.4 Å². The van der Waals surface area contributed by atoms with Gasteiger partial charge in [-0.1, -0.05) is 12.1 Å². The number of hydrogen-bond donors (Lipinski definition) is 1. The molecule has 3 heterocycles. The van der Waals surface area contributed by atoms with Crippen LogP contribution in [0.15, 0.2) is 46.0 Å². The summed E-state index contributed by atoms with van der Waals surface area (Å²) in [6.45, 7) is 0.532. The van der Waals surface area contributed by atoms with Crippen molar-refractivity contribution < 1.29 is 13.2 Å². The molecular formula is C17H15N3O3S3. The van der Waals surface area contributed by atoms with Crippen LogP contribution in [0.5, 0.6) is 0 Å². The lowest BCUT2D eigenvalue weighted by Crippen LogP contribution is -2.30. The average Bonchev–Trinajstić information content (AvgIpc) is 3.33. The Kier molecular flexibility index (Phi) is 4.39. The zero-order chi connectivity index (χ0) is 18.3. The number of aromatic nitrogens is 1. The summed E-state index contributed by atoms with van der Waals surface area (Å²) in [5.74, 6) is -0.0988. The summed E-state index contributed by atoms with van der Waals surface area (Å²) in [6, 6.07) is 8.65. The highest BCUT2D eigenvalue weighted by molar-refractivity contribution is 7.89. The maximum atomic E-state index is 12.7. The van der Waals surface area contributed by atoms with Crippen LogP contribution in [-0.2, 0) is 27.7 Å². The molecule has 0 saturated carbocycles. The lowest BCUT2D eigenvalue weighted by Gasteiger charge is -2.17. The van der Waals surface area contributed by atoms with Gasteiger partial charge in [0.15, 0.2) is 0 Å². The van der Waals surface area contributed by atoms with Crippen molar-refractivity contribution in [3.63, 3.8) is 0 Å². The van der Waals surface area contributed by atoms with Crippen LogP contribution in [0.25, 0.3) is 9.88 Å². The van der Waals surface area contributed by atoms with Crippen molar-refractivity contribution in [1.82, 2.24) is 4.98 Å². The molecule has 9 heteroatoms. The standard InChI is InChI=1S/C17H15N3O3S3/c18-26(22,23)13-4-3-11-5-6-20(14(11)9-13)16(21)8-12-10-25-17(19-12)15-2-1-7-24-15/h1-4,7,9-10H,5-6,8H2,(H2,18,22,23). The first-order valence-corrected chi connectivity index (χ1v) is 11.2. The number of sulfonamides is 1. The van der Waals surface area contributed by atoms with Gasteiger partial charge in [-0.05, 0) is 35.6 Å². The number of fused-ring (bicyclic) bond motifs is 1.